The molecule has 0 spiro atoms. The molecule has 7 heteroatoms. The van der Waals surface area contributed by atoms with E-state index in [1.807, 2.05) is 18.7 Å². The predicted octanol–water partition coefficient (Wildman–Crippen LogP) is 4.26. The van der Waals surface area contributed by atoms with Crippen LogP contribution in [0.1, 0.15) is 56.8 Å². The maximum absolute atomic E-state index is 12.7. The Bertz CT molecular complexity index is 818. The lowest BCUT2D eigenvalue weighted by atomic mass is 10.1. The molecule has 2 aromatic rings. The lowest BCUT2D eigenvalue weighted by molar-refractivity contribution is -0.132. The van der Waals surface area contributed by atoms with Crippen molar-refractivity contribution in [2.45, 2.75) is 72.2 Å². The van der Waals surface area contributed by atoms with Crippen LogP contribution in [0, 0.1) is 13.8 Å². The molecule has 0 aromatic carbocycles. The van der Waals surface area contributed by atoms with Gasteiger partial charge < -0.3 is 9.88 Å². The fourth-order valence-electron chi connectivity index (χ4n) is 3.00. The third-order valence-corrected chi connectivity index (χ3v) is 7.00. The van der Waals surface area contributed by atoms with Gasteiger partial charge in [0.2, 0.25) is 5.91 Å². The van der Waals surface area contributed by atoms with Crippen LogP contribution in [0.15, 0.2) is 4.79 Å². The van der Waals surface area contributed by atoms with Gasteiger partial charge in [0.15, 0.2) is 0 Å². The van der Waals surface area contributed by atoms with Gasteiger partial charge in [-0.2, -0.15) is 0 Å². The summed E-state index contributed by atoms with van der Waals surface area (Å²) in [6.45, 7) is 12.4. The van der Waals surface area contributed by atoms with Gasteiger partial charge in [0.1, 0.15) is 10.7 Å². The molecule has 0 aliphatic rings. The summed E-state index contributed by atoms with van der Waals surface area (Å²) in [4.78, 5) is 36.4. The van der Waals surface area contributed by atoms with E-state index < -0.39 is 0 Å². The SMILES string of the molecule is CC[C@@H](C)N(C(=O)CSCc1nc2sc(C)c(C)c2c(=O)[nH]1)[C@@H](C)CC. The van der Waals surface area contributed by atoms with E-state index in [4.69, 9.17) is 0 Å². The van der Waals surface area contributed by atoms with E-state index >= 15 is 0 Å². The van der Waals surface area contributed by atoms with E-state index in [1.54, 1.807) is 11.3 Å². The van der Waals surface area contributed by atoms with E-state index in [0.717, 1.165) is 28.1 Å². The molecule has 1 N–H and O–H groups in total. The highest BCUT2D eigenvalue weighted by Gasteiger charge is 2.23. The molecule has 2 aromatic heterocycles. The number of nitrogens with zero attached hydrogens (tertiary/aromatic N) is 2. The number of aryl methyl sites for hydroxylation is 2. The number of carbonyl (C=O) groups is 1. The Morgan fingerprint density at radius 1 is 1.23 bits per heavy atom. The smallest absolute Gasteiger partial charge is 0.259 e. The second-order valence-electron chi connectivity index (χ2n) is 6.78. The van der Waals surface area contributed by atoms with Crippen molar-refractivity contribution in [3.8, 4) is 0 Å². The topological polar surface area (TPSA) is 66.1 Å². The van der Waals surface area contributed by atoms with Crippen LogP contribution in [0.4, 0.5) is 0 Å². The maximum atomic E-state index is 12.7. The van der Waals surface area contributed by atoms with Crippen molar-refractivity contribution in [1.82, 2.24) is 14.9 Å². The van der Waals surface area contributed by atoms with Gasteiger partial charge >= 0.3 is 0 Å². The van der Waals surface area contributed by atoms with Gasteiger partial charge in [-0.05, 0) is 46.1 Å². The van der Waals surface area contributed by atoms with Gasteiger partial charge in [0, 0.05) is 17.0 Å². The molecule has 2 rings (SSSR count). The Balaban J connectivity index is 2.06. The van der Waals surface area contributed by atoms with Gasteiger partial charge in [-0.25, -0.2) is 4.98 Å². The lowest BCUT2D eigenvalue weighted by Gasteiger charge is -2.34. The van der Waals surface area contributed by atoms with Crippen molar-refractivity contribution >= 4 is 39.2 Å². The van der Waals surface area contributed by atoms with E-state index in [9.17, 15) is 9.59 Å². The van der Waals surface area contributed by atoms with Gasteiger partial charge in [-0.1, -0.05) is 13.8 Å². The highest BCUT2D eigenvalue weighted by atomic mass is 32.2. The third-order valence-electron chi connectivity index (χ3n) is 4.97. The molecule has 0 aliphatic carbocycles. The third kappa shape index (κ3) is 4.49. The van der Waals surface area contributed by atoms with Crippen LogP contribution < -0.4 is 5.56 Å². The summed E-state index contributed by atoms with van der Waals surface area (Å²) in [5, 5.41) is 0.692. The number of hydrogen-bond donors (Lipinski definition) is 1. The van der Waals surface area contributed by atoms with Crippen LogP contribution in [0.2, 0.25) is 0 Å². The summed E-state index contributed by atoms with van der Waals surface area (Å²) in [5.41, 5.74) is 0.922. The highest BCUT2D eigenvalue weighted by molar-refractivity contribution is 7.99. The van der Waals surface area contributed by atoms with E-state index in [1.165, 1.54) is 11.8 Å². The van der Waals surface area contributed by atoms with Crippen molar-refractivity contribution in [2.24, 2.45) is 0 Å². The summed E-state index contributed by atoms with van der Waals surface area (Å²) in [7, 11) is 0. The quantitative estimate of drug-likeness (QED) is 0.725. The molecule has 0 fully saturated rings. The molecule has 0 radical (unpaired) electrons. The second kappa shape index (κ2) is 9.04. The molecule has 144 valence electrons. The van der Waals surface area contributed by atoms with Gasteiger partial charge in [-0.15, -0.1) is 23.1 Å². The number of aromatic amines is 1. The first-order valence-electron chi connectivity index (χ1n) is 9.17. The van der Waals surface area contributed by atoms with E-state index in [0.29, 0.717) is 22.7 Å². The number of amides is 1. The molecule has 2 heterocycles. The summed E-state index contributed by atoms with van der Waals surface area (Å²) in [6, 6.07) is 0.480. The van der Waals surface area contributed by atoms with Crippen molar-refractivity contribution in [3.05, 3.63) is 26.6 Å². The molecule has 0 aliphatic heterocycles. The molecule has 0 saturated heterocycles. The molecular formula is C19H29N3O2S2. The summed E-state index contributed by atoms with van der Waals surface area (Å²) in [6.07, 6.45) is 1.90. The number of rotatable bonds is 8. The lowest BCUT2D eigenvalue weighted by Crippen LogP contribution is -2.45. The normalized spacial score (nSPS) is 13.8. The Kier molecular flexibility index (Phi) is 7.29. The summed E-state index contributed by atoms with van der Waals surface area (Å²) >= 11 is 3.06. The highest BCUT2D eigenvalue weighted by Crippen LogP contribution is 2.26. The Labute approximate surface area is 163 Å². The molecule has 0 bridgehead atoms. The monoisotopic (exact) mass is 395 g/mol. The van der Waals surface area contributed by atoms with Crippen LogP contribution in [0.3, 0.4) is 0 Å². The van der Waals surface area contributed by atoms with Crippen LogP contribution in [0.25, 0.3) is 10.2 Å². The van der Waals surface area contributed by atoms with Crippen molar-refractivity contribution in [3.63, 3.8) is 0 Å². The molecule has 5 nitrogen and oxygen atoms in total. The van der Waals surface area contributed by atoms with Crippen LogP contribution >= 0.6 is 23.1 Å². The van der Waals surface area contributed by atoms with Crippen molar-refractivity contribution in [2.75, 3.05) is 5.75 Å². The summed E-state index contributed by atoms with van der Waals surface area (Å²) in [5.74, 6) is 1.73. The number of thiophene rings is 1. The number of hydrogen-bond acceptors (Lipinski definition) is 5. The van der Waals surface area contributed by atoms with Crippen molar-refractivity contribution < 1.29 is 4.79 Å². The number of aromatic nitrogens is 2. The maximum Gasteiger partial charge on any atom is 0.259 e. The standard InChI is InChI=1S/C19H29N3O2S2/c1-7-11(3)22(12(4)8-2)16(23)10-25-9-15-20-18(24)17-13(5)14(6)26-19(17)21-15/h11-12H,7-10H2,1-6H3,(H,20,21,24)/t11-,12+. The minimum absolute atomic E-state index is 0.0837. The van der Waals surface area contributed by atoms with E-state index in [2.05, 4.69) is 37.7 Å². The minimum atomic E-state index is -0.0837. The average molecular weight is 396 g/mol. The first-order valence-corrected chi connectivity index (χ1v) is 11.1. The van der Waals surface area contributed by atoms with Gasteiger partial charge in [0.25, 0.3) is 5.56 Å². The van der Waals surface area contributed by atoms with Crippen LogP contribution in [0.5, 0.6) is 0 Å². The van der Waals surface area contributed by atoms with E-state index in [-0.39, 0.29) is 23.6 Å². The number of thioether (sulfide) groups is 1. The number of H-pyrrole nitrogens is 1. The number of fused-ring (bicyclic) bond motifs is 1. The predicted molar refractivity (Wildman–Crippen MR) is 112 cm³/mol. The van der Waals surface area contributed by atoms with Crippen LogP contribution in [-0.2, 0) is 10.5 Å². The number of nitrogens with one attached hydrogen (secondary N) is 1. The first-order chi connectivity index (χ1) is 12.3. The fourth-order valence-corrected chi connectivity index (χ4v) is 4.80. The summed E-state index contributed by atoms with van der Waals surface area (Å²) < 4.78 is 0. The molecular weight excluding hydrogens is 366 g/mol. The Morgan fingerprint density at radius 2 is 1.85 bits per heavy atom. The molecule has 26 heavy (non-hydrogen) atoms. The zero-order chi connectivity index (χ0) is 19.4. The Hall–Kier alpha value is -1.34. The molecule has 0 unspecified atom stereocenters. The first kappa shape index (κ1) is 21.0. The minimum Gasteiger partial charge on any atom is -0.337 e. The van der Waals surface area contributed by atoms with Gasteiger partial charge in [0.05, 0.1) is 16.9 Å². The Morgan fingerprint density at radius 3 is 2.42 bits per heavy atom. The zero-order valence-corrected chi connectivity index (χ0v) is 18.1. The molecule has 0 saturated carbocycles. The van der Waals surface area contributed by atoms with Gasteiger partial charge in [-0.3, -0.25) is 9.59 Å². The average Bonchev–Trinajstić information content (AvgIpc) is 2.89. The fraction of sp³-hybridized carbons (Fsp3) is 0.632. The van der Waals surface area contributed by atoms with Crippen LogP contribution in [-0.4, -0.2) is 38.6 Å². The second-order valence-corrected chi connectivity index (χ2v) is 8.97. The zero-order valence-electron chi connectivity index (χ0n) is 16.5. The molecule has 2 atom stereocenters. The van der Waals surface area contributed by atoms with Crippen molar-refractivity contribution in [1.29, 1.82) is 0 Å². The number of carbonyl (C=O) groups excluding carboxylic acids is 1. The molecule has 1 amide bonds. The largest absolute Gasteiger partial charge is 0.337 e.